The molecule has 0 saturated heterocycles. The number of aliphatic hydroxyl groups excluding tert-OH is 2. The van der Waals surface area contributed by atoms with E-state index in [2.05, 4.69) is 6.92 Å². The summed E-state index contributed by atoms with van der Waals surface area (Å²) in [5, 5.41) is 18.7. The van der Waals surface area contributed by atoms with Gasteiger partial charge in [0.05, 0.1) is 12.7 Å². The molecule has 4 nitrogen and oxygen atoms in total. The number of esters is 1. The van der Waals surface area contributed by atoms with Crippen LogP contribution in [0, 0.1) is 5.92 Å². The number of hydrogen-bond acceptors (Lipinski definition) is 4. The maximum Gasteiger partial charge on any atom is 0.305 e. The molecule has 0 aromatic heterocycles. The molecule has 0 aromatic rings. The minimum atomic E-state index is -0.151. The maximum atomic E-state index is 11.5. The van der Waals surface area contributed by atoms with Crippen molar-refractivity contribution in [3.8, 4) is 0 Å². The van der Waals surface area contributed by atoms with Gasteiger partial charge in [-0.15, -0.1) is 0 Å². The van der Waals surface area contributed by atoms with Crippen molar-refractivity contribution in [1.29, 1.82) is 0 Å². The standard InChI is InChI=1S/C20H40O4/c1-3-4-5-10-13-19(22)14-11-8-6-7-9-12-15-20(23)24-17-18(2)16-21/h18-19,21-22H,3-17H2,1-2H3. The van der Waals surface area contributed by atoms with Crippen molar-refractivity contribution >= 4 is 5.97 Å². The molecule has 4 heteroatoms. The van der Waals surface area contributed by atoms with E-state index in [1.54, 1.807) is 0 Å². The summed E-state index contributed by atoms with van der Waals surface area (Å²) in [6, 6.07) is 0. The molecule has 0 heterocycles. The van der Waals surface area contributed by atoms with Crippen molar-refractivity contribution < 1.29 is 19.7 Å². The summed E-state index contributed by atoms with van der Waals surface area (Å²) in [5.41, 5.74) is 0. The monoisotopic (exact) mass is 344 g/mol. The highest BCUT2D eigenvalue weighted by Crippen LogP contribution is 2.13. The minimum absolute atomic E-state index is 0.0240. The largest absolute Gasteiger partial charge is 0.465 e. The highest BCUT2D eigenvalue weighted by Gasteiger charge is 2.06. The zero-order chi connectivity index (χ0) is 18.0. The summed E-state index contributed by atoms with van der Waals surface area (Å²) < 4.78 is 5.09. The molecule has 0 fully saturated rings. The molecule has 0 aromatic carbocycles. The Labute approximate surface area is 149 Å². The molecule has 0 radical (unpaired) electrons. The highest BCUT2D eigenvalue weighted by molar-refractivity contribution is 5.69. The summed E-state index contributed by atoms with van der Waals surface area (Å²) >= 11 is 0. The first-order valence-corrected chi connectivity index (χ1v) is 10.0. The molecule has 0 spiro atoms. The SMILES string of the molecule is CCCCCCC(O)CCCCCCCCC(=O)OCC(C)CO. The maximum absolute atomic E-state index is 11.5. The van der Waals surface area contributed by atoms with Gasteiger partial charge in [-0.2, -0.15) is 0 Å². The number of hydrogen-bond donors (Lipinski definition) is 2. The lowest BCUT2D eigenvalue weighted by molar-refractivity contribution is -0.145. The molecule has 2 N–H and O–H groups in total. The van der Waals surface area contributed by atoms with Crippen LogP contribution in [0.5, 0.6) is 0 Å². The smallest absolute Gasteiger partial charge is 0.305 e. The van der Waals surface area contributed by atoms with Gasteiger partial charge in [0, 0.05) is 18.9 Å². The Balaban J connectivity index is 3.28. The van der Waals surface area contributed by atoms with E-state index in [1.807, 2.05) is 6.92 Å². The topological polar surface area (TPSA) is 66.8 Å². The van der Waals surface area contributed by atoms with Crippen LogP contribution in [0.2, 0.25) is 0 Å². The van der Waals surface area contributed by atoms with E-state index in [0.717, 1.165) is 44.9 Å². The normalized spacial score (nSPS) is 13.7. The molecule has 24 heavy (non-hydrogen) atoms. The third kappa shape index (κ3) is 16.3. The number of carbonyl (C=O) groups is 1. The molecule has 0 aliphatic rings. The van der Waals surface area contributed by atoms with Crippen LogP contribution in [0.3, 0.4) is 0 Å². The number of ether oxygens (including phenoxy) is 1. The molecular weight excluding hydrogens is 304 g/mol. The van der Waals surface area contributed by atoms with Crippen molar-refractivity contribution in [2.75, 3.05) is 13.2 Å². The third-order valence-electron chi connectivity index (χ3n) is 4.40. The Morgan fingerprint density at radius 3 is 2.04 bits per heavy atom. The first-order valence-electron chi connectivity index (χ1n) is 10.0. The van der Waals surface area contributed by atoms with E-state index in [-0.39, 0.29) is 24.6 Å². The van der Waals surface area contributed by atoms with Crippen LogP contribution < -0.4 is 0 Å². The second kappa shape index (κ2) is 17.2. The lowest BCUT2D eigenvalue weighted by Crippen LogP contribution is -2.14. The molecule has 0 amide bonds. The minimum Gasteiger partial charge on any atom is -0.465 e. The van der Waals surface area contributed by atoms with Gasteiger partial charge in [0.2, 0.25) is 0 Å². The lowest BCUT2D eigenvalue weighted by atomic mass is 10.0. The molecule has 0 aliphatic heterocycles. The quantitative estimate of drug-likeness (QED) is 0.299. The first kappa shape index (κ1) is 23.4. The number of rotatable bonds is 17. The van der Waals surface area contributed by atoms with Crippen LogP contribution >= 0.6 is 0 Å². The highest BCUT2D eigenvalue weighted by atomic mass is 16.5. The van der Waals surface area contributed by atoms with Gasteiger partial charge in [-0.25, -0.2) is 0 Å². The van der Waals surface area contributed by atoms with Crippen molar-refractivity contribution in [2.24, 2.45) is 5.92 Å². The fourth-order valence-corrected chi connectivity index (χ4v) is 2.67. The zero-order valence-corrected chi connectivity index (χ0v) is 16.0. The van der Waals surface area contributed by atoms with E-state index < -0.39 is 0 Å². The Morgan fingerprint density at radius 1 is 0.917 bits per heavy atom. The molecule has 144 valence electrons. The molecule has 0 rings (SSSR count). The summed E-state index contributed by atoms with van der Waals surface area (Å²) in [6.45, 7) is 4.43. The Kier molecular flexibility index (Phi) is 16.8. The molecule has 0 bridgehead atoms. The molecular formula is C20H40O4. The molecule has 2 unspecified atom stereocenters. The van der Waals surface area contributed by atoms with Crippen LogP contribution in [-0.4, -0.2) is 35.5 Å². The number of carbonyl (C=O) groups excluding carboxylic acids is 1. The fraction of sp³-hybridized carbons (Fsp3) is 0.950. The van der Waals surface area contributed by atoms with E-state index in [0.29, 0.717) is 13.0 Å². The van der Waals surface area contributed by atoms with Crippen LogP contribution in [0.4, 0.5) is 0 Å². The molecule has 0 saturated carbocycles. The predicted octanol–water partition coefficient (Wildman–Crippen LogP) is 4.61. The van der Waals surface area contributed by atoms with Gasteiger partial charge in [-0.3, -0.25) is 4.79 Å². The Hall–Kier alpha value is -0.610. The van der Waals surface area contributed by atoms with Gasteiger partial charge in [0.15, 0.2) is 0 Å². The third-order valence-corrected chi connectivity index (χ3v) is 4.40. The Bertz CT molecular complexity index is 281. The fourth-order valence-electron chi connectivity index (χ4n) is 2.67. The first-order chi connectivity index (χ1) is 11.6. The van der Waals surface area contributed by atoms with Crippen LogP contribution in [0.1, 0.15) is 97.3 Å². The predicted molar refractivity (Wildman–Crippen MR) is 98.9 cm³/mol. The zero-order valence-electron chi connectivity index (χ0n) is 16.0. The number of unbranched alkanes of at least 4 members (excludes halogenated alkanes) is 8. The van der Waals surface area contributed by atoms with Crippen molar-refractivity contribution in [3.05, 3.63) is 0 Å². The van der Waals surface area contributed by atoms with Crippen LogP contribution in [0.25, 0.3) is 0 Å². The lowest BCUT2D eigenvalue weighted by Gasteiger charge is -2.10. The summed E-state index contributed by atoms with van der Waals surface area (Å²) in [7, 11) is 0. The van der Waals surface area contributed by atoms with Gasteiger partial charge >= 0.3 is 5.97 Å². The van der Waals surface area contributed by atoms with Crippen molar-refractivity contribution in [3.63, 3.8) is 0 Å². The van der Waals surface area contributed by atoms with Gasteiger partial charge in [0.1, 0.15) is 0 Å². The average Bonchev–Trinajstić information content (AvgIpc) is 2.58. The summed E-state index contributed by atoms with van der Waals surface area (Å²) in [5.74, 6) is -0.127. The van der Waals surface area contributed by atoms with E-state index in [4.69, 9.17) is 9.84 Å². The van der Waals surface area contributed by atoms with Gasteiger partial charge < -0.3 is 14.9 Å². The summed E-state index contributed by atoms with van der Waals surface area (Å²) in [6.07, 6.45) is 13.7. The van der Waals surface area contributed by atoms with E-state index in [1.165, 1.54) is 32.1 Å². The Morgan fingerprint density at radius 2 is 1.46 bits per heavy atom. The molecule has 0 aliphatic carbocycles. The van der Waals surface area contributed by atoms with Gasteiger partial charge in [0.25, 0.3) is 0 Å². The molecule has 2 atom stereocenters. The van der Waals surface area contributed by atoms with Gasteiger partial charge in [-0.1, -0.05) is 71.6 Å². The summed E-state index contributed by atoms with van der Waals surface area (Å²) in [4.78, 5) is 11.5. The number of aliphatic hydroxyl groups is 2. The van der Waals surface area contributed by atoms with E-state index >= 15 is 0 Å². The van der Waals surface area contributed by atoms with E-state index in [9.17, 15) is 9.90 Å². The second-order valence-electron chi connectivity index (χ2n) is 7.13. The average molecular weight is 345 g/mol. The van der Waals surface area contributed by atoms with Crippen molar-refractivity contribution in [1.82, 2.24) is 0 Å². The van der Waals surface area contributed by atoms with Crippen molar-refractivity contribution in [2.45, 2.75) is 103 Å². The van der Waals surface area contributed by atoms with Crippen LogP contribution in [0.15, 0.2) is 0 Å². The second-order valence-corrected chi connectivity index (χ2v) is 7.13. The van der Waals surface area contributed by atoms with Crippen LogP contribution in [-0.2, 0) is 9.53 Å². The van der Waals surface area contributed by atoms with Gasteiger partial charge in [-0.05, 0) is 19.3 Å².